The zero-order valence-corrected chi connectivity index (χ0v) is 18.4. The number of carbonyl (C=O) groups is 1. The smallest absolute Gasteiger partial charge is 0.310 e. The first-order chi connectivity index (χ1) is 16.3. The minimum atomic E-state index is -0.286. The number of rotatable bonds is 10. The summed E-state index contributed by atoms with van der Waals surface area (Å²) in [7, 11) is 0. The lowest BCUT2D eigenvalue weighted by Gasteiger charge is -2.15. The molecule has 0 N–H and O–H groups in total. The largest absolute Gasteiger partial charge is 0.485 e. The molecule has 4 aromatic rings. The van der Waals surface area contributed by atoms with Crippen LogP contribution in [0.15, 0.2) is 109 Å². The van der Waals surface area contributed by atoms with Crippen LogP contribution in [-0.4, -0.2) is 5.97 Å². The Morgan fingerprint density at radius 1 is 0.515 bits per heavy atom. The second-order valence-corrected chi connectivity index (χ2v) is 7.65. The quantitative estimate of drug-likeness (QED) is 0.279. The van der Waals surface area contributed by atoms with Crippen LogP contribution < -0.4 is 9.47 Å². The molecule has 0 fully saturated rings. The second-order valence-electron chi connectivity index (χ2n) is 7.65. The van der Waals surface area contributed by atoms with Gasteiger partial charge in [0.05, 0.1) is 6.42 Å². The van der Waals surface area contributed by atoms with Crippen LogP contribution in [0.2, 0.25) is 0 Å². The van der Waals surface area contributed by atoms with Gasteiger partial charge in [-0.3, -0.25) is 4.79 Å². The van der Waals surface area contributed by atoms with E-state index in [2.05, 4.69) is 0 Å². The average Bonchev–Trinajstić information content (AvgIpc) is 2.87. The summed E-state index contributed by atoms with van der Waals surface area (Å²) in [6, 6.07) is 35.1. The molecule has 0 atom stereocenters. The third kappa shape index (κ3) is 6.97. The summed E-state index contributed by atoms with van der Waals surface area (Å²) in [5, 5.41) is 0. The van der Waals surface area contributed by atoms with Crippen molar-refractivity contribution in [3.05, 3.63) is 131 Å². The van der Waals surface area contributed by atoms with Crippen LogP contribution in [0.4, 0.5) is 0 Å². The molecule has 0 bridgehead atoms. The van der Waals surface area contributed by atoms with Gasteiger partial charge in [0.2, 0.25) is 0 Å². The highest BCUT2D eigenvalue weighted by molar-refractivity contribution is 5.73. The normalized spacial score (nSPS) is 10.4. The molecule has 0 aliphatic rings. The van der Waals surface area contributed by atoms with Crippen LogP contribution in [-0.2, 0) is 35.8 Å². The summed E-state index contributed by atoms with van der Waals surface area (Å²) >= 11 is 0. The fraction of sp³-hybridized carbons (Fsp3) is 0.138. The highest BCUT2D eigenvalue weighted by Gasteiger charge is 2.12. The predicted octanol–water partition coefficient (Wildman–Crippen LogP) is 6.13. The first-order valence-corrected chi connectivity index (χ1v) is 10.9. The molecular weight excluding hydrogens is 412 g/mol. The molecule has 0 spiro atoms. The van der Waals surface area contributed by atoms with Crippen LogP contribution >= 0.6 is 0 Å². The maximum absolute atomic E-state index is 12.4. The van der Waals surface area contributed by atoms with Crippen LogP contribution in [0.5, 0.6) is 11.5 Å². The van der Waals surface area contributed by atoms with Crippen LogP contribution in [0.3, 0.4) is 0 Å². The zero-order valence-electron chi connectivity index (χ0n) is 18.4. The second kappa shape index (κ2) is 11.5. The topological polar surface area (TPSA) is 44.8 Å². The first-order valence-electron chi connectivity index (χ1n) is 10.9. The van der Waals surface area contributed by atoms with Gasteiger partial charge in [-0.1, -0.05) is 97.1 Å². The summed E-state index contributed by atoms with van der Waals surface area (Å²) in [6.07, 6.45) is 0.160. The van der Waals surface area contributed by atoms with Crippen molar-refractivity contribution in [3.8, 4) is 11.5 Å². The number of hydrogen-bond acceptors (Lipinski definition) is 4. The van der Waals surface area contributed by atoms with Gasteiger partial charge in [-0.2, -0.15) is 0 Å². The van der Waals surface area contributed by atoms with E-state index in [0.717, 1.165) is 22.3 Å². The van der Waals surface area contributed by atoms with Gasteiger partial charge in [0.25, 0.3) is 0 Å². The first kappa shape index (κ1) is 22.2. The molecule has 166 valence electrons. The Morgan fingerprint density at radius 3 is 1.55 bits per heavy atom. The van der Waals surface area contributed by atoms with Crippen molar-refractivity contribution in [2.75, 3.05) is 0 Å². The Bertz CT molecular complexity index is 1140. The van der Waals surface area contributed by atoms with Gasteiger partial charge in [-0.15, -0.1) is 0 Å². The van der Waals surface area contributed by atoms with Crippen molar-refractivity contribution in [1.82, 2.24) is 0 Å². The number of carbonyl (C=O) groups excluding carboxylic acids is 1. The summed E-state index contributed by atoms with van der Waals surface area (Å²) in [6.45, 7) is 1.10. The molecule has 4 rings (SSSR count). The van der Waals surface area contributed by atoms with Crippen molar-refractivity contribution in [2.24, 2.45) is 0 Å². The minimum Gasteiger partial charge on any atom is -0.485 e. The Morgan fingerprint density at radius 2 is 1.00 bits per heavy atom. The zero-order chi connectivity index (χ0) is 22.7. The molecule has 4 aromatic carbocycles. The van der Waals surface area contributed by atoms with E-state index in [1.165, 1.54) is 0 Å². The van der Waals surface area contributed by atoms with E-state index in [1.807, 2.05) is 109 Å². The lowest BCUT2D eigenvalue weighted by molar-refractivity contribution is -0.144. The monoisotopic (exact) mass is 438 g/mol. The van der Waals surface area contributed by atoms with E-state index in [4.69, 9.17) is 14.2 Å². The fourth-order valence-corrected chi connectivity index (χ4v) is 3.32. The molecule has 33 heavy (non-hydrogen) atoms. The highest BCUT2D eigenvalue weighted by atomic mass is 16.5. The van der Waals surface area contributed by atoms with E-state index in [9.17, 15) is 4.79 Å². The van der Waals surface area contributed by atoms with Gasteiger partial charge < -0.3 is 14.2 Å². The molecule has 0 heterocycles. The fourth-order valence-electron chi connectivity index (χ4n) is 3.32. The van der Waals surface area contributed by atoms with E-state index in [1.54, 1.807) is 0 Å². The van der Waals surface area contributed by atoms with E-state index < -0.39 is 0 Å². The number of benzene rings is 4. The molecule has 0 amide bonds. The molecule has 0 saturated heterocycles. The lowest BCUT2D eigenvalue weighted by Crippen LogP contribution is -2.08. The number of ether oxygens (including phenoxy) is 3. The Balaban J connectivity index is 1.43. The summed E-state index contributed by atoms with van der Waals surface area (Å²) in [4.78, 5) is 12.4. The van der Waals surface area contributed by atoms with Gasteiger partial charge in [-0.05, 0) is 34.4 Å². The van der Waals surface area contributed by atoms with E-state index in [-0.39, 0.29) is 19.0 Å². The Labute approximate surface area is 194 Å². The molecular formula is C29H26O4. The summed E-state index contributed by atoms with van der Waals surface area (Å²) < 4.78 is 17.5. The molecule has 4 heteroatoms. The molecule has 0 saturated carbocycles. The van der Waals surface area contributed by atoms with Crippen LogP contribution in [0.1, 0.15) is 22.3 Å². The SMILES string of the molecule is O=C(Cc1ccc(OCc2ccccc2)c(OCc2ccccc2)c1)OCc1ccccc1. The van der Waals surface area contributed by atoms with Gasteiger partial charge in [-0.25, -0.2) is 0 Å². The van der Waals surface area contributed by atoms with Gasteiger partial charge >= 0.3 is 5.97 Å². The maximum Gasteiger partial charge on any atom is 0.310 e. The molecule has 0 aliphatic heterocycles. The van der Waals surface area contributed by atoms with Crippen molar-refractivity contribution >= 4 is 5.97 Å². The van der Waals surface area contributed by atoms with Crippen molar-refractivity contribution in [3.63, 3.8) is 0 Å². The molecule has 0 radical (unpaired) electrons. The number of hydrogen-bond donors (Lipinski definition) is 0. The third-order valence-corrected chi connectivity index (χ3v) is 5.07. The van der Waals surface area contributed by atoms with Gasteiger partial charge in [0.1, 0.15) is 19.8 Å². The minimum absolute atomic E-state index is 0.160. The van der Waals surface area contributed by atoms with Gasteiger partial charge in [0, 0.05) is 0 Å². The summed E-state index contributed by atoms with van der Waals surface area (Å²) in [5.41, 5.74) is 3.89. The Kier molecular flexibility index (Phi) is 7.74. The van der Waals surface area contributed by atoms with Crippen molar-refractivity contribution < 1.29 is 19.0 Å². The highest BCUT2D eigenvalue weighted by Crippen LogP contribution is 2.30. The molecule has 4 nitrogen and oxygen atoms in total. The maximum atomic E-state index is 12.4. The summed E-state index contributed by atoms with van der Waals surface area (Å²) in [5.74, 6) is 0.949. The van der Waals surface area contributed by atoms with Crippen LogP contribution in [0, 0.1) is 0 Å². The standard InChI is InChI=1S/C29H26O4/c30-29(33-22-25-14-8-3-9-15-25)19-26-16-17-27(31-20-23-10-4-1-5-11-23)28(18-26)32-21-24-12-6-2-7-13-24/h1-18H,19-22H2. The molecule has 0 unspecified atom stereocenters. The number of esters is 1. The molecule has 0 aromatic heterocycles. The Hall–Kier alpha value is -4.05. The van der Waals surface area contributed by atoms with Crippen molar-refractivity contribution in [2.45, 2.75) is 26.2 Å². The molecule has 0 aliphatic carbocycles. The predicted molar refractivity (Wildman–Crippen MR) is 128 cm³/mol. The van der Waals surface area contributed by atoms with Crippen LogP contribution in [0.25, 0.3) is 0 Å². The lowest BCUT2D eigenvalue weighted by atomic mass is 10.1. The van der Waals surface area contributed by atoms with Crippen molar-refractivity contribution in [1.29, 1.82) is 0 Å². The van der Waals surface area contributed by atoms with Gasteiger partial charge in [0.15, 0.2) is 11.5 Å². The van der Waals surface area contributed by atoms with E-state index >= 15 is 0 Å². The van der Waals surface area contributed by atoms with E-state index in [0.29, 0.717) is 24.7 Å². The average molecular weight is 439 g/mol. The third-order valence-electron chi connectivity index (χ3n) is 5.07.